The molecule has 6 nitrogen and oxygen atoms in total. The van der Waals surface area contributed by atoms with Gasteiger partial charge in [-0.3, -0.25) is 14.5 Å². The monoisotopic (exact) mass is 201 g/mol. The third-order valence-corrected chi connectivity index (χ3v) is 2.17. The first-order valence-corrected chi connectivity index (χ1v) is 4.17. The highest BCUT2D eigenvalue weighted by atomic mass is 16.4. The van der Waals surface area contributed by atoms with Crippen molar-refractivity contribution >= 4 is 17.7 Å². The van der Waals surface area contributed by atoms with E-state index in [0.29, 0.717) is 0 Å². The van der Waals surface area contributed by atoms with E-state index in [0.717, 1.165) is 11.8 Å². The zero-order chi connectivity index (χ0) is 10.9. The lowest BCUT2D eigenvalue weighted by Crippen LogP contribution is -2.48. The van der Waals surface area contributed by atoms with Crippen LogP contribution in [0.4, 0.5) is 0 Å². The molecule has 0 aromatic carbocycles. The van der Waals surface area contributed by atoms with Gasteiger partial charge in [-0.25, -0.2) is 4.79 Å². The van der Waals surface area contributed by atoms with E-state index in [1.807, 2.05) is 0 Å². The number of aliphatic hydroxyl groups is 1. The van der Waals surface area contributed by atoms with Gasteiger partial charge in [-0.2, -0.15) is 0 Å². The molecule has 1 aliphatic heterocycles. The lowest BCUT2D eigenvalue weighted by atomic mass is 10.2. The van der Waals surface area contributed by atoms with Crippen LogP contribution in [0.2, 0.25) is 0 Å². The fourth-order valence-electron chi connectivity index (χ4n) is 1.45. The molecule has 1 heterocycles. The van der Waals surface area contributed by atoms with Crippen LogP contribution in [-0.2, 0) is 14.4 Å². The number of rotatable bonds is 3. The highest BCUT2D eigenvalue weighted by molar-refractivity contribution is 5.92. The maximum Gasteiger partial charge on any atom is 0.326 e. The highest BCUT2D eigenvalue weighted by Gasteiger charge is 2.41. The van der Waals surface area contributed by atoms with Crippen LogP contribution in [0.5, 0.6) is 0 Å². The maximum absolute atomic E-state index is 11.2. The molecule has 1 fully saturated rings. The molecule has 14 heavy (non-hydrogen) atoms. The molecule has 0 radical (unpaired) electrons. The number of hydrogen-bond acceptors (Lipinski definition) is 4. The molecule has 0 aromatic heterocycles. The minimum Gasteiger partial charge on any atom is -0.480 e. The van der Waals surface area contributed by atoms with Crippen LogP contribution < -0.4 is 0 Å². The molecule has 0 aromatic rings. The van der Waals surface area contributed by atoms with Crippen molar-refractivity contribution in [3.05, 3.63) is 0 Å². The second-order valence-corrected chi connectivity index (χ2v) is 3.18. The third kappa shape index (κ3) is 1.74. The van der Waals surface area contributed by atoms with Gasteiger partial charge in [-0.15, -0.1) is 0 Å². The van der Waals surface area contributed by atoms with Crippen LogP contribution in [-0.4, -0.2) is 45.0 Å². The molecule has 78 valence electrons. The molecule has 1 aliphatic rings. The van der Waals surface area contributed by atoms with E-state index < -0.39 is 29.9 Å². The average Bonchev–Trinajstić information content (AvgIpc) is 2.45. The molecular weight excluding hydrogens is 190 g/mol. The van der Waals surface area contributed by atoms with Gasteiger partial charge >= 0.3 is 5.97 Å². The van der Waals surface area contributed by atoms with Crippen molar-refractivity contribution in [2.24, 2.45) is 0 Å². The van der Waals surface area contributed by atoms with Crippen LogP contribution in [0.25, 0.3) is 0 Å². The predicted molar refractivity (Wildman–Crippen MR) is 44.2 cm³/mol. The number of carboxylic acid groups (broad SMARTS) is 1. The number of carbonyl (C=O) groups is 3. The quantitative estimate of drug-likeness (QED) is 0.608. The molecule has 0 aliphatic carbocycles. The second-order valence-electron chi connectivity index (χ2n) is 3.18. The largest absolute Gasteiger partial charge is 0.480 e. The van der Waals surface area contributed by atoms with E-state index in [-0.39, 0.29) is 12.8 Å². The Bertz CT molecular complexity index is 287. The first kappa shape index (κ1) is 10.6. The van der Waals surface area contributed by atoms with Gasteiger partial charge in [0, 0.05) is 6.42 Å². The molecule has 0 spiro atoms. The SMILES string of the molecule is CC(=O)C(O)N1C(=O)CCC1C(=O)O. The van der Waals surface area contributed by atoms with E-state index in [2.05, 4.69) is 0 Å². The lowest BCUT2D eigenvalue weighted by Gasteiger charge is -2.25. The number of amides is 1. The van der Waals surface area contributed by atoms with Gasteiger partial charge < -0.3 is 10.2 Å². The van der Waals surface area contributed by atoms with E-state index in [9.17, 15) is 19.5 Å². The Labute approximate surface area is 80.1 Å². The first-order valence-electron chi connectivity index (χ1n) is 4.17. The number of carboxylic acids is 1. The van der Waals surface area contributed by atoms with Crippen molar-refractivity contribution in [2.75, 3.05) is 0 Å². The molecule has 2 atom stereocenters. The molecule has 1 rings (SSSR count). The summed E-state index contributed by atoms with van der Waals surface area (Å²) in [7, 11) is 0. The number of Topliss-reactive ketones (excluding diaryl/α,β-unsaturated/α-hetero) is 1. The van der Waals surface area contributed by atoms with Crippen LogP contribution in [0, 0.1) is 0 Å². The summed E-state index contributed by atoms with van der Waals surface area (Å²) in [5.41, 5.74) is 0. The summed E-state index contributed by atoms with van der Waals surface area (Å²) in [6.07, 6.45) is -1.44. The zero-order valence-electron chi connectivity index (χ0n) is 7.64. The number of nitrogens with zero attached hydrogens (tertiary/aromatic N) is 1. The Morgan fingerprint density at radius 2 is 2.14 bits per heavy atom. The Morgan fingerprint density at radius 3 is 2.57 bits per heavy atom. The van der Waals surface area contributed by atoms with Gasteiger partial charge in [0.15, 0.2) is 12.0 Å². The Kier molecular flexibility index (Phi) is 2.85. The van der Waals surface area contributed by atoms with E-state index in [1.54, 1.807) is 0 Å². The minimum absolute atomic E-state index is 0.0569. The fourth-order valence-corrected chi connectivity index (χ4v) is 1.45. The topological polar surface area (TPSA) is 94.9 Å². The summed E-state index contributed by atoms with van der Waals surface area (Å²) in [6, 6.07) is -1.08. The molecule has 6 heteroatoms. The lowest BCUT2D eigenvalue weighted by molar-refractivity contribution is -0.158. The number of likely N-dealkylation sites (tertiary alicyclic amines) is 1. The van der Waals surface area contributed by atoms with Gasteiger partial charge in [0.25, 0.3) is 0 Å². The van der Waals surface area contributed by atoms with Crippen molar-refractivity contribution in [3.8, 4) is 0 Å². The zero-order valence-corrected chi connectivity index (χ0v) is 7.64. The first-order chi connectivity index (χ1) is 6.45. The Morgan fingerprint density at radius 1 is 1.57 bits per heavy atom. The van der Waals surface area contributed by atoms with Crippen LogP contribution in [0.1, 0.15) is 19.8 Å². The molecule has 2 unspecified atom stereocenters. The fraction of sp³-hybridized carbons (Fsp3) is 0.625. The second kappa shape index (κ2) is 3.75. The number of ketones is 1. The molecule has 0 saturated carbocycles. The van der Waals surface area contributed by atoms with Gasteiger partial charge in [0.05, 0.1) is 0 Å². The molecule has 0 bridgehead atoms. The summed E-state index contributed by atoms with van der Waals surface area (Å²) in [5, 5.41) is 18.0. The number of aliphatic hydroxyl groups excluding tert-OH is 1. The number of hydrogen-bond donors (Lipinski definition) is 2. The van der Waals surface area contributed by atoms with Crippen LogP contribution in [0.3, 0.4) is 0 Å². The van der Waals surface area contributed by atoms with E-state index in [4.69, 9.17) is 5.11 Å². The summed E-state index contributed by atoms with van der Waals surface area (Å²) < 4.78 is 0. The van der Waals surface area contributed by atoms with E-state index in [1.165, 1.54) is 0 Å². The van der Waals surface area contributed by atoms with Crippen molar-refractivity contribution in [1.82, 2.24) is 4.90 Å². The van der Waals surface area contributed by atoms with Crippen molar-refractivity contribution < 1.29 is 24.6 Å². The van der Waals surface area contributed by atoms with Crippen LogP contribution in [0.15, 0.2) is 0 Å². The molecule has 1 saturated heterocycles. The average molecular weight is 201 g/mol. The van der Waals surface area contributed by atoms with Gasteiger partial charge in [-0.05, 0) is 13.3 Å². The maximum atomic E-state index is 11.2. The smallest absolute Gasteiger partial charge is 0.326 e. The summed E-state index contributed by atoms with van der Waals surface area (Å²) in [5.74, 6) is -2.33. The van der Waals surface area contributed by atoms with Gasteiger partial charge in [0.1, 0.15) is 6.04 Å². The molecular formula is C8H11NO5. The number of carbonyl (C=O) groups excluding carboxylic acids is 2. The predicted octanol–water partition coefficient (Wildman–Crippen LogP) is -1.03. The highest BCUT2D eigenvalue weighted by Crippen LogP contribution is 2.21. The summed E-state index contributed by atoms with van der Waals surface area (Å²) >= 11 is 0. The third-order valence-electron chi connectivity index (χ3n) is 2.17. The normalized spacial score (nSPS) is 23.7. The van der Waals surface area contributed by atoms with E-state index >= 15 is 0 Å². The molecule has 2 N–H and O–H groups in total. The number of aliphatic carboxylic acids is 1. The van der Waals surface area contributed by atoms with Crippen LogP contribution >= 0.6 is 0 Å². The van der Waals surface area contributed by atoms with Crippen molar-refractivity contribution in [2.45, 2.75) is 32.0 Å². The van der Waals surface area contributed by atoms with Gasteiger partial charge in [0.2, 0.25) is 5.91 Å². The van der Waals surface area contributed by atoms with Crippen molar-refractivity contribution in [1.29, 1.82) is 0 Å². The Hall–Kier alpha value is -1.43. The van der Waals surface area contributed by atoms with Crippen molar-refractivity contribution in [3.63, 3.8) is 0 Å². The Balaban J connectivity index is 2.87. The standard InChI is InChI=1S/C8H11NO5/c1-4(10)7(12)9-5(8(13)14)2-3-6(9)11/h5,7,12H,2-3H2,1H3,(H,13,14). The van der Waals surface area contributed by atoms with Gasteiger partial charge in [-0.1, -0.05) is 0 Å². The minimum atomic E-state index is -1.63. The molecule has 1 amide bonds. The summed E-state index contributed by atoms with van der Waals surface area (Å²) in [6.45, 7) is 1.11. The summed E-state index contributed by atoms with van der Waals surface area (Å²) in [4.78, 5) is 33.4.